The highest BCUT2D eigenvalue weighted by Crippen LogP contribution is 2.44. The number of terminal acetylenes is 2. The first-order chi connectivity index (χ1) is 42.6. The van der Waals surface area contributed by atoms with Gasteiger partial charge in [0.15, 0.2) is 11.6 Å². The predicted octanol–water partition coefficient (Wildman–Crippen LogP) is 11.4. The second kappa shape index (κ2) is 23.1. The Morgan fingerprint density at radius 1 is 0.636 bits per heavy atom. The molecule has 8 atom stereocenters. The number of hydrogen-bond acceptors (Lipinski definition) is 12. The van der Waals surface area contributed by atoms with Gasteiger partial charge in [-0.15, -0.1) is 12.8 Å². The Labute approximate surface area is 506 Å². The van der Waals surface area contributed by atoms with Crippen molar-refractivity contribution in [2.45, 2.75) is 126 Å². The van der Waals surface area contributed by atoms with Crippen molar-refractivity contribution < 1.29 is 36.6 Å². The fourth-order valence-corrected chi connectivity index (χ4v) is 15.6. The molecule has 0 saturated carbocycles. The summed E-state index contributed by atoms with van der Waals surface area (Å²) in [7, 11) is 0. The lowest BCUT2D eigenvalue weighted by Gasteiger charge is -2.35. The van der Waals surface area contributed by atoms with Crippen LogP contribution < -0.4 is 20.4 Å². The first-order valence-electron chi connectivity index (χ1n) is 30.8. The first-order valence-corrected chi connectivity index (χ1v) is 30.8. The molecule has 4 bridgehead atoms. The number of piperazine rings is 2. The molecule has 8 fully saturated rings. The summed E-state index contributed by atoms with van der Waals surface area (Å²) in [6, 6.07) is 17.2. The lowest BCUT2D eigenvalue weighted by Crippen LogP contribution is -2.51. The molecular weight excluding hydrogens is 1130 g/mol. The van der Waals surface area contributed by atoms with Crippen molar-refractivity contribution in [3.63, 3.8) is 0 Å². The molecule has 88 heavy (non-hydrogen) atoms. The van der Waals surface area contributed by atoms with E-state index in [9.17, 15) is 27.8 Å². The average molecular weight is 1190 g/mol. The van der Waals surface area contributed by atoms with Gasteiger partial charge in [-0.1, -0.05) is 36.8 Å². The summed E-state index contributed by atoms with van der Waals surface area (Å²) in [5.74, 6) is 8.96. The average Bonchev–Trinajstić information content (AvgIpc) is 1.93. The smallest absolute Gasteiger partial charge is 0.175 e. The molecule has 0 aliphatic carbocycles. The van der Waals surface area contributed by atoms with Crippen LogP contribution >= 0.6 is 0 Å². The van der Waals surface area contributed by atoms with Crippen LogP contribution in [-0.4, -0.2) is 140 Å². The van der Waals surface area contributed by atoms with Crippen molar-refractivity contribution in [3.05, 3.63) is 119 Å². The SMILES string of the molecule is C#Cc1cc(N2CC3CCC(C2)N3)c2cnc(-c3cc(O)cc4ccc(F)c(C#C)c34)c(F)c2n1.CCc1c(F)ccc2cc(O)cc(-c3ncc4c(N5CC6CCC(C5)N6)cc(C#CC56CCCN5CC(F)C6)nc4c3F)c12.FC1CC2CCCN2C1. The summed E-state index contributed by atoms with van der Waals surface area (Å²) in [5.41, 5.74) is 2.86. The quantitative estimate of drug-likeness (QED) is 0.0967. The maximum Gasteiger partial charge on any atom is 0.175 e. The van der Waals surface area contributed by atoms with Crippen LogP contribution in [0.1, 0.15) is 93.6 Å². The second-order valence-electron chi connectivity index (χ2n) is 25.0. The number of rotatable bonds is 5. The van der Waals surface area contributed by atoms with Crippen LogP contribution in [0.3, 0.4) is 0 Å². The molecule has 4 aromatic heterocycles. The lowest BCUT2D eigenvalue weighted by molar-refractivity contribution is 0.255. The van der Waals surface area contributed by atoms with Crippen molar-refractivity contribution in [2.75, 3.05) is 62.2 Å². The predicted molar refractivity (Wildman–Crippen MR) is 332 cm³/mol. The zero-order valence-electron chi connectivity index (χ0n) is 48.8. The minimum atomic E-state index is -0.901. The molecule has 8 aromatic rings. The number of fused-ring (bicyclic) bond motifs is 10. The number of phenolic OH excluding ortho intramolecular Hbond substituents is 2. The molecule has 16 rings (SSSR count). The summed E-state index contributed by atoms with van der Waals surface area (Å²) >= 11 is 0. The van der Waals surface area contributed by atoms with E-state index in [1.54, 1.807) is 30.6 Å². The number of nitrogens with zero attached hydrogens (tertiary/aromatic N) is 8. The van der Waals surface area contributed by atoms with Crippen LogP contribution in [0.25, 0.3) is 65.9 Å². The molecule has 0 spiro atoms. The maximum atomic E-state index is 16.8. The molecule has 4 N–H and O–H groups in total. The van der Waals surface area contributed by atoms with E-state index in [2.05, 4.69) is 68.9 Å². The number of aryl methyl sites for hydroxylation is 1. The number of phenols is 2. The standard InChI is InChI=1S/C35H34F3N5O.C28H20F2N4O.C7H12FN/c1-2-26-29(37)7-4-20-12-25(44)14-27(31(20)26)33-32(38)34-28(16-39-33)30(42-18-23-5-6-24(19-42)40-23)13-22(41-34)8-10-35-9-3-11-43(35)17-21(36)15-35;1-3-16-10-24(34-13-17-6-7-18(14-34)32-17)22-12-31-27(26(30)28(22)33-16)21-11-19(35)9-15-5-8-23(29)20(4-2)25(15)21;8-6-4-7-2-1-3-9(7)5-6/h4,7,12-14,16,21,23-24,40,44H,2-3,5-6,9,11,15,17-19H2,1H3;1-2,5,8-12,17-18,32,35H,6-7,13-14H2;6-7H,1-5H2. The van der Waals surface area contributed by atoms with Gasteiger partial charge in [-0.25, -0.2) is 36.3 Å². The van der Waals surface area contributed by atoms with Crippen LogP contribution in [-0.2, 0) is 6.42 Å². The van der Waals surface area contributed by atoms with Gasteiger partial charge in [0.05, 0.1) is 22.5 Å². The summed E-state index contributed by atoms with van der Waals surface area (Å²) in [6.07, 6.45) is 23.3. The number of pyridine rings is 4. The topological polar surface area (TPSA) is 129 Å². The number of hydrogen-bond donors (Lipinski definition) is 4. The number of benzene rings is 4. The van der Waals surface area contributed by atoms with E-state index in [1.807, 2.05) is 13.0 Å². The number of aromatic hydroxyl groups is 2. The normalized spacial score (nSPS) is 25.3. The summed E-state index contributed by atoms with van der Waals surface area (Å²) in [5, 5.41) is 31.1. The fraction of sp³-hybridized carbons (Fsp3) is 0.400. The monoisotopic (exact) mass is 1190 g/mol. The minimum absolute atomic E-state index is 0.000680. The highest BCUT2D eigenvalue weighted by Gasteiger charge is 2.48. The van der Waals surface area contributed by atoms with Crippen LogP contribution in [0.15, 0.2) is 73.1 Å². The van der Waals surface area contributed by atoms with Crippen molar-refractivity contribution in [3.8, 4) is 70.5 Å². The van der Waals surface area contributed by atoms with Gasteiger partial charge in [0.25, 0.3) is 0 Å². The molecular formula is C70H66F6N10O2. The zero-order valence-corrected chi connectivity index (χ0v) is 48.8. The molecule has 4 aromatic carbocycles. The van der Waals surface area contributed by atoms with Gasteiger partial charge in [-0.05, 0) is 153 Å². The number of anilines is 2. The summed E-state index contributed by atoms with van der Waals surface area (Å²) < 4.78 is 89.5. The van der Waals surface area contributed by atoms with Gasteiger partial charge in [0.1, 0.15) is 69.3 Å². The van der Waals surface area contributed by atoms with E-state index in [4.69, 9.17) is 17.8 Å². The minimum Gasteiger partial charge on any atom is -0.508 e. The van der Waals surface area contributed by atoms with E-state index < -0.39 is 35.3 Å². The molecule has 12 heterocycles. The zero-order chi connectivity index (χ0) is 60.7. The highest BCUT2D eigenvalue weighted by molar-refractivity contribution is 6.04. The lowest BCUT2D eigenvalue weighted by atomic mass is 9.94. The highest BCUT2D eigenvalue weighted by atomic mass is 19.2. The van der Waals surface area contributed by atoms with Crippen molar-refractivity contribution in [2.24, 2.45) is 0 Å². The van der Waals surface area contributed by atoms with E-state index in [-0.39, 0.29) is 50.9 Å². The summed E-state index contributed by atoms with van der Waals surface area (Å²) in [4.78, 5) is 27.1. The Hall–Kier alpha value is -8.18. The van der Waals surface area contributed by atoms with E-state index in [0.717, 1.165) is 95.6 Å². The van der Waals surface area contributed by atoms with Gasteiger partial charge in [0, 0.05) is 116 Å². The summed E-state index contributed by atoms with van der Waals surface area (Å²) in [6.45, 7) is 8.06. The Bertz CT molecular complexity index is 4260. The third-order valence-corrected chi connectivity index (χ3v) is 19.5. The number of alkyl halides is 2. The Morgan fingerprint density at radius 2 is 1.20 bits per heavy atom. The number of nitrogens with one attached hydrogen (secondary N) is 2. The number of aromatic nitrogens is 4. The van der Waals surface area contributed by atoms with Crippen molar-refractivity contribution >= 4 is 54.7 Å². The molecule has 8 aliphatic heterocycles. The molecule has 18 heteroatoms. The van der Waals surface area contributed by atoms with E-state index >= 15 is 8.78 Å². The van der Waals surface area contributed by atoms with Gasteiger partial charge in [-0.2, -0.15) is 0 Å². The third kappa shape index (κ3) is 10.4. The van der Waals surface area contributed by atoms with Gasteiger partial charge in [-0.3, -0.25) is 19.8 Å². The fourth-order valence-electron chi connectivity index (χ4n) is 15.6. The Kier molecular flexibility index (Phi) is 15.1. The van der Waals surface area contributed by atoms with Crippen LogP contribution in [0, 0.1) is 59.8 Å². The molecule has 12 nitrogen and oxygen atoms in total. The largest absolute Gasteiger partial charge is 0.508 e. The van der Waals surface area contributed by atoms with Crippen LogP contribution in [0.4, 0.5) is 37.7 Å². The van der Waals surface area contributed by atoms with Crippen LogP contribution in [0.2, 0.25) is 0 Å². The Balaban J connectivity index is 0.000000137. The molecule has 8 unspecified atom stereocenters. The second-order valence-corrected chi connectivity index (χ2v) is 25.0. The molecule has 0 amide bonds. The number of halogens is 6. The molecule has 8 saturated heterocycles. The third-order valence-electron chi connectivity index (χ3n) is 19.5. The van der Waals surface area contributed by atoms with E-state index in [1.165, 1.54) is 49.2 Å². The van der Waals surface area contributed by atoms with Crippen LogP contribution in [0.5, 0.6) is 11.5 Å². The van der Waals surface area contributed by atoms with Crippen molar-refractivity contribution in [1.82, 2.24) is 40.4 Å². The molecule has 450 valence electrons. The van der Waals surface area contributed by atoms with Gasteiger partial charge >= 0.3 is 0 Å². The van der Waals surface area contributed by atoms with E-state index in [0.29, 0.717) is 111 Å². The Morgan fingerprint density at radius 3 is 1.78 bits per heavy atom. The molecule has 0 radical (unpaired) electrons. The first kappa shape index (κ1) is 57.6. The van der Waals surface area contributed by atoms with Crippen molar-refractivity contribution in [1.29, 1.82) is 0 Å². The van der Waals surface area contributed by atoms with Gasteiger partial charge in [0.2, 0.25) is 0 Å². The maximum absolute atomic E-state index is 16.8. The molecule has 8 aliphatic rings. The van der Waals surface area contributed by atoms with Gasteiger partial charge < -0.3 is 30.6 Å².